The van der Waals surface area contributed by atoms with Crippen molar-refractivity contribution in [2.45, 2.75) is 12.8 Å². The summed E-state index contributed by atoms with van der Waals surface area (Å²) in [4.78, 5) is 15.3. The van der Waals surface area contributed by atoms with Crippen molar-refractivity contribution in [3.05, 3.63) is 83.0 Å². The Morgan fingerprint density at radius 3 is 2.47 bits per heavy atom. The number of fused-ring (bicyclic) bond motifs is 1. The predicted molar refractivity (Wildman–Crippen MR) is 130 cm³/mol. The van der Waals surface area contributed by atoms with Crippen LogP contribution in [0.15, 0.2) is 75.9 Å². The summed E-state index contributed by atoms with van der Waals surface area (Å²) in [7, 11) is 0. The number of benzene rings is 3. The number of nitrogens with zero attached hydrogens (tertiary/aromatic N) is 1. The first-order valence-electron chi connectivity index (χ1n) is 11.3. The summed E-state index contributed by atoms with van der Waals surface area (Å²) in [6.07, 6.45) is 2.51. The number of aromatic hydroxyl groups is 1. The third kappa shape index (κ3) is 4.75. The van der Waals surface area contributed by atoms with Gasteiger partial charge in [0.2, 0.25) is 0 Å². The Kier molecular flexibility index (Phi) is 6.18. The van der Waals surface area contributed by atoms with E-state index in [-0.39, 0.29) is 16.9 Å². The van der Waals surface area contributed by atoms with Crippen LogP contribution in [0.4, 0.5) is 15.8 Å². The van der Waals surface area contributed by atoms with Crippen molar-refractivity contribution in [3.63, 3.8) is 0 Å². The van der Waals surface area contributed by atoms with Gasteiger partial charge in [-0.2, -0.15) is 0 Å². The zero-order valence-electron chi connectivity index (χ0n) is 18.6. The van der Waals surface area contributed by atoms with E-state index < -0.39 is 11.4 Å². The first-order valence-corrected chi connectivity index (χ1v) is 11.3. The molecule has 0 radical (unpaired) electrons. The second-order valence-electron chi connectivity index (χ2n) is 8.37. The van der Waals surface area contributed by atoms with E-state index in [9.17, 15) is 14.3 Å². The van der Waals surface area contributed by atoms with Gasteiger partial charge in [0.15, 0.2) is 0 Å². The molecule has 0 bridgehead atoms. The molecule has 5 rings (SSSR count). The van der Waals surface area contributed by atoms with E-state index in [1.54, 1.807) is 6.07 Å². The number of anilines is 2. The normalized spacial score (nSPS) is 13.9. The molecule has 1 aromatic heterocycles. The fourth-order valence-corrected chi connectivity index (χ4v) is 4.28. The van der Waals surface area contributed by atoms with E-state index in [1.807, 2.05) is 24.3 Å². The molecule has 1 aliphatic rings. The number of ether oxygens (including phenoxy) is 1. The molecule has 0 unspecified atom stereocenters. The van der Waals surface area contributed by atoms with E-state index in [2.05, 4.69) is 10.2 Å². The van der Waals surface area contributed by atoms with Crippen molar-refractivity contribution in [3.8, 4) is 22.6 Å². The van der Waals surface area contributed by atoms with Gasteiger partial charge in [-0.3, -0.25) is 4.90 Å². The molecule has 1 aliphatic heterocycles. The monoisotopic (exact) mass is 460 g/mol. The molecule has 0 amide bonds. The second-order valence-corrected chi connectivity index (χ2v) is 8.37. The standard InChI is InChI=1S/C27H25FN2O4/c28-19-5-3-18(4-6-19)25-26(23-12-9-21(31)17-24(23)34-27(25)32)29-20-7-10-22(11-8-20)33-16-15-30-13-1-2-14-30/h3-12,17,29,31H,1-2,13-16H2. The number of hydrogen-bond donors (Lipinski definition) is 2. The summed E-state index contributed by atoms with van der Waals surface area (Å²) in [6.45, 7) is 3.83. The van der Waals surface area contributed by atoms with Gasteiger partial charge >= 0.3 is 5.63 Å². The summed E-state index contributed by atoms with van der Waals surface area (Å²) < 4.78 is 24.9. The highest BCUT2D eigenvalue weighted by Gasteiger charge is 2.18. The molecule has 6 nitrogen and oxygen atoms in total. The van der Waals surface area contributed by atoms with Crippen LogP contribution in [0.5, 0.6) is 11.5 Å². The summed E-state index contributed by atoms with van der Waals surface area (Å²) >= 11 is 0. The molecule has 0 saturated carbocycles. The van der Waals surface area contributed by atoms with Gasteiger partial charge in [-0.15, -0.1) is 0 Å². The van der Waals surface area contributed by atoms with E-state index in [0.717, 1.165) is 31.1 Å². The van der Waals surface area contributed by atoms with Gasteiger partial charge in [0.1, 0.15) is 29.5 Å². The lowest BCUT2D eigenvalue weighted by Gasteiger charge is -2.16. The maximum atomic E-state index is 13.5. The average molecular weight is 461 g/mol. The Hall–Kier alpha value is -3.84. The number of phenolic OH excluding ortho intramolecular Hbond substituents is 1. The van der Waals surface area contributed by atoms with E-state index in [1.165, 1.54) is 49.2 Å². The first kappa shape index (κ1) is 22.0. The predicted octanol–water partition coefficient (Wildman–Crippen LogP) is 5.52. The molecule has 1 fully saturated rings. The smallest absolute Gasteiger partial charge is 0.346 e. The minimum atomic E-state index is -0.589. The van der Waals surface area contributed by atoms with Crippen molar-refractivity contribution in [2.75, 3.05) is 31.6 Å². The van der Waals surface area contributed by atoms with Crippen LogP contribution in [-0.4, -0.2) is 36.2 Å². The van der Waals surface area contributed by atoms with Crippen LogP contribution in [0.25, 0.3) is 22.1 Å². The quantitative estimate of drug-likeness (QED) is 0.354. The van der Waals surface area contributed by atoms with Crippen molar-refractivity contribution < 1.29 is 18.7 Å². The van der Waals surface area contributed by atoms with Gasteiger partial charge in [-0.1, -0.05) is 12.1 Å². The Balaban J connectivity index is 1.44. The fraction of sp³-hybridized carbons (Fsp3) is 0.222. The fourth-order valence-electron chi connectivity index (χ4n) is 4.28. The zero-order valence-corrected chi connectivity index (χ0v) is 18.6. The lowest BCUT2D eigenvalue weighted by Crippen LogP contribution is -2.25. The zero-order chi connectivity index (χ0) is 23.5. The van der Waals surface area contributed by atoms with Crippen molar-refractivity contribution in [2.24, 2.45) is 0 Å². The highest BCUT2D eigenvalue weighted by atomic mass is 19.1. The number of likely N-dealkylation sites (tertiary alicyclic amines) is 1. The highest BCUT2D eigenvalue weighted by Crippen LogP contribution is 2.36. The van der Waals surface area contributed by atoms with E-state index in [4.69, 9.17) is 9.15 Å². The topological polar surface area (TPSA) is 74.9 Å². The Labute approximate surface area is 196 Å². The average Bonchev–Trinajstić information content (AvgIpc) is 3.34. The molecule has 4 aromatic rings. The summed E-state index contributed by atoms with van der Waals surface area (Å²) in [5, 5.41) is 13.8. The SMILES string of the molecule is O=c1oc2cc(O)ccc2c(Nc2ccc(OCCN3CCCC3)cc2)c1-c1ccc(F)cc1. The van der Waals surface area contributed by atoms with Gasteiger partial charge in [0, 0.05) is 23.7 Å². The van der Waals surface area contributed by atoms with Crippen LogP contribution in [0, 0.1) is 5.82 Å². The van der Waals surface area contributed by atoms with Crippen LogP contribution in [0.1, 0.15) is 12.8 Å². The van der Waals surface area contributed by atoms with E-state index in [0.29, 0.717) is 23.2 Å². The van der Waals surface area contributed by atoms with Gasteiger partial charge in [-0.25, -0.2) is 9.18 Å². The summed E-state index contributed by atoms with van der Waals surface area (Å²) in [6, 6.07) is 17.8. The molecule has 1 saturated heterocycles. The number of nitrogens with one attached hydrogen (secondary N) is 1. The van der Waals surface area contributed by atoms with Crippen molar-refractivity contribution >= 4 is 22.3 Å². The van der Waals surface area contributed by atoms with Crippen LogP contribution in [0.2, 0.25) is 0 Å². The first-order chi connectivity index (χ1) is 16.6. The molecule has 2 heterocycles. The van der Waals surface area contributed by atoms with Crippen LogP contribution in [0.3, 0.4) is 0 Å². The minimum absolute atomic E-state index is 0.00781. The lowest BCUT2D eigenvalue weighted by atomic mass is 10.0. The summed E-state index contributed by atoms with van der Waals surface area (Å²) in [5.74, 6) is 0.367. The number of rotatable bonds is 7. The Bertz CT molecular complexity index is 1340. The molecule has 2 N–H and O–H groups in total. The molecule has 3 aromatic carbocycles. The minimum Gasteiger partial charge on any atom is -0.508 e. The van der Waals surface area contributed by atoms with Crippen molar-refractivity contribution in [1.29, 1.82) is 0 Å². The summed E-state index contributed by atoms with van der Waals surface area (Å²) in [5.41, 5.74) is 1.73. The molecule has 174 valence electrons. The van der Waals surface area contributed by atoms with Crippen LogP contribution < -0.4 is 15.7 Å². The largest absolute Gasteiger partial charge is 0.508 e. The molecule has 0 spiro atoms. The molecule has 0 aliphatic carbocycles. The molecular formula is C27H25FN2O4. The van der Waals surface area contributed by atoms with Gasteiger partial charge in [0.05, 0.1) is 11.3 Å². The maximum Gasteiger partial charge on any atom is 0.346 e. The maximum absolute atomic E-state index is 13.5. The number of phenols is 1. The highest BCUT2D eigenvalue weighted by molar-refractivity contribution is 6.00. The molecule has 0 atom stereocenters. The van der Waals surface area contributed by atoms with Crippen molar-refractivity contribution in [1.82, 2.24) is 4.90 Å². The molecule has 34 heavy (non-hydrogen) atoms. The number of hydrogen-bond acceptors (Lipinski definition) is 6. The third-order valence-corrected chi connectivity index (χ3v) is 6.02. The van der Waals surface area contributed by atoms with E-state index >= 15 is 0 Å². The van der Waals surface area contributed by atoms with Crippen LogP contribution in [-0.2, 0) is 0 Å². The molecular weight excluding hydrogens is 435 g/mol. The van der Waals surface area contributed by atoms with Crippen LogP contribution >= 0.6 is 0 Å². The second kappa shape index (κ2) is 9.57. The number of halogens is 1. The Morgan fingerprint density at radius 2 is 1.74 bits per heavy atom. The van der Waals surface area contributed by atoms with Gasteiger partial charge in [0.25, 0.3) is 0 Å². The lowest BCUT2D eigenvalue weighted by molar-refractivity contribution is 0.238. The molecule has 7 heteroatoms. The Morgan fingerprint density at radius 1 is 1.00 bits per heavy atom. The van der Waals surface area contributed by atoms with Gasteiger partial charge in [-0.05, 0) is 80.0 Å². The van der Waals surface area contributed by atoms with Gasteiger partial charge < -0.3 is 19.6 Å². The third-order valence-electron chi connectivity index (χ3n) is 6.02.